The molecule has 0 aliphatic carbocycles. The number of anilines is 2. The maximum atomic E-state index is 12.7. The van der Waals surface area contributed by atoms with E-state index >= 15 is 0 Å². The molecular formula is C22H26N2O3. The molecule has 0 spiro atoms. The summed E-state index contributed by atoms with van der Waals surface area (Å²) in [7, 11) is 0. The van der Waals surface area contributed by atoms with Crippen LogP contribution in [-0.2, 0) is 9.59 Å². The van der Waals surface area contributed by atoms with Crippen molar-refractivity contribution in [1.82, 2.24) is 0 Å². The van der Waals surface area contributed by atoms with Crippen molar-refractivity contribution in [2.24, 2.45) is 0 Å². The van der Waals surface area contributed by atoms with E-state index in [1.54, 1.807) is 34.1 Å². The Hall–Kier alpha value is -2.95. The first-order valence-electron chi connectivity index (χ1n) is 9.09. The van der Waals surface area contributed by atoms with Crippen LogP contribution in [0, 0.1) is 6.92 Å². The minimum Gasteiger partial charge on any atom is -0.313 e. The fraction of sp³-hybridized carbons (Fsp3) is 0.318. The van der Waals surface area contributed by atoms with Gasteiger partial charge in [0.2, 0.25) is 11.8 Å². The van der Waals surface area contributed by atoms with Crippen molar-refractivity contribution in [3.8, 4) is 0 Å². The predicted molar refractivity (Wildman–Crippen MR) is 108 cm³/mol. The zero-order valence-electron chi connectivity index (χ0n) is 16.4. The number of benzene rings is 2. The van der Waals surface area contributed by atoms with Gasteiger partial charge >= 0.3 is 0 Å². The summed E-state index contributed by atoms with van der Waals surface area (Å²) in [5.41, 5.74) is 3.23. The molecular weight excluding hydrogens is 340 g/mol. The summed E-state index contributed by atoms with van der Waals surface area (Å²) in [6, 6.07) is 14.7. The number of carbonyl (C=O) groups is 3. The Kier molecular flexibility index (Phi) is 6.88. The van der Waals surface area contributed by atoms with Crippen LogP contribution in [0.25, 0.3) is 0 Å². The highest BCUT2D eigenvalue weighted by Crippen LogP contribution is 2.19. The number of rotatable bonds is 7. The molecule has 27 heavy (non-hydrogen) atoms. The summed E-state index contributed by atoms with van der Waals surface area (Å²) >= 11 is 0. The molecule has 0 saturated heterocycles. The van der Waals surface area contributed by atoms with Crippen LogP contribution in [0.4, 0.5) is 11.4 Å². The number of nitrogens with zero attached hydrogens (tertiary/aromatic N) is 2. The van der Waals surface area contributed by atoms with Gasteiger partial charge in [-0.3, -0.25) is 14.4 Å². The van der Waals surface area contributed by atoms with Crippen LogP contribution in [0.5, 0.6) is 0 Å². The van der Waals surface area contributed by atoms with Gasteiger partial charge in [0.25, 0.3) is 0 Å². The molecule has 0 radical (unpaired) electrons. The van der Waals surface area contributed by atoms with E-state index in [1.807, 2.05) is 38.1 Å². The summed E-state index contributed by atoms with van der Waals surface area (Å²) in [6.45, 7) is 7.75. The van der Waals surface area contributed by atoms with Crippen molar-refractivity contribution in [3.63, 3.8) is 0 Å². The third-order valence-electron chi connectivity index (χ3n) is 4.45. The molecule has 0 saturated carbocycles. The van der Waals surface area contributed by atoms with Gasteiger partial charge in [0, 0.05) is 43.4 Å². The van der Waals surface area contributed by atoms with E-state index in [0.29, 0.717) is 17.8 Å². The third-order valence-corrected chi connectivity index (χ3v) is 4.45. The van der Waals surface area contributed by atoms with Gasteiger partial charge in [-0.1, -0.05) is 12.1 Å². The van der Waals surface area contributed by atoms with Crippen LogP contribution < -0.4 is 9.80 Å². The summed E-state index contributed by atoms with van der Waals surface area (Å²) in [5.74, 6) is -0.200. The number of aryl methyl sites for hydroxylation is 1. The molecule has 2 amide bonds. The fourth-order valence-corrected chi connectivity index (χ4v) is 2.99. The molecule has 142 valence electrons. The largest absolute Gasteiger partial charge is 0.313 e. The van der Waals surface area contributed by atoms with Crippen molar-refractivity contribution in [1.29, 1.82) is 0 Å². The molecule has 2 rings (SSSR count). The highest BCUT2D eigenvalue weighted by atomic mass is 16.2. The molecule has 0 aliphatic rings. The molecule has 0 fully saturated rings. The average Bonchev–Trinajstić information content (AvgIpc) is 2.62. The van der Waals surface area contributed by atoms with Gasteiger partial charge in [-0.2, -0.15) is 0 Å². The number of hydrogen-bond donors (Lipinski definition) is 0. The van der Waals surface area contributed by atoms with Crippen LogP contribution in [0.15, 0.2) is 48.5 Å². The standard InChI is InChI=1S/C22H26N2O3/c1-5-23(21-8-6-7-16(2)15-21)22(27)13-14-24(18(4)26)20-11-9-19(10-12-20)17(3)25/h6-12,15H,5,13-14H2,1-4H3. The Labute approximate surface area is 160 Å². The second kappa shape index (κ2) is 9.12. The van der Waals surface area contributed by atoms with E-state index in [1.165, 1.54) is 13.8 Å². The molecule has 0 heterocycles. The predicted octanol–water partition coefficient (Wildman–Crippen LogP) is 3.99. The van der Waals surface area contributed by atoms with Gasteiger partial charge in [0.05, 0.1) is 0 Å². The van der Waals surface area contributed by atoms with Crippen molar-refractivity contribution >= 4 is 29.0 Å². The minimum atomic E-state index is -0.142. The summed E-state index contributed by atoms with van der Waals surface area (Å²) < 4.78 is 0. The van der Waals surface area contributed by atoms with Crippen molar-refractivity contribution in [3.05, 3.63) is 59.7 Å². The molecule has 5 heteroatoms. The normalized spacial score (nSPS) is 10.4. The quantitative estimate of drug-likeness (QED) is 0.696. The first-order chi connectivity index (χ1) is 12.8. The number of carbonyl (C=O) groups excluding carboxylic acids is 3. The maximum Gasteiger partial charge on any atom is 0.228 e. The van der Waals surface area contributed by atoms with Gasteiger partial charge in [0.1, 0.15) is 0 Å². The van der Waals surface area contributed by atoms with E-state index in [0.717, 1.165) is 11.3 Å². The van der Waals surface area contributed by atoms with Crippen LogP contribution >= 0.6 is 0 Å². The summed E-state index contributed by atoms with van der Waals surface area (Å²) in [5, 5.41) is 0. The van der Waals surface area contributed by atoms with Crippen molar-refractivity contribution in [2.75, 3.05) is 22.9 Å². The highest BCUT2D eigenvalue weighted by Gasteiger charge is 2.18. The van der Waals surface area contributed by atoms with E-state index < -0.39 is 0 Å². The van der Waals surface area contributed by atoms with E-state index in [4.69, 9.17) is 0 Å². The average molecular weight is 366 g/mol. The maximum absolute atomic E-state index is 12.7. The molecule has 5 nitrogen and oxygen atoms in total. The van der Waals surface area contributed by atoms with Gasteiger partial charge in [-0.25, -0.2) is 0 Å². The van der Waals surface area contributed by atoms with Crippen molar-refractivity contribution in [2.45, 2.75) is 34.1 Å². The molecule has 0 unspecified atom stereocenters. The van der Waals surface area contributed by atoms with Crippen LogP contribution in [0.1, 0.15) is 43.1 Å². The lowest BCUT2D eigenvalue weighted by Gasteiger charge is -2.25. The van der Waals surface area contributed by atoms with Crippen LogP contribution in [0.3, 0.4) is 0 Å². The van der Waals surface area contributed by atoms with E-state index in [-0.39, 0.29) is 30.6 Å². The van der Waals surface area contributed by atoms with Crippen LogP contribution in [0.2, 0.25) is 0 Å². The van der Waals surface area contributed by atoms with Crippen molar-refractivity contribution < 1.29 is 14.4 Å². The minimum absolute atomic E-state index is 0.0251. The highest BCUT2D eigenvalue weighted by molar-refractivity contribution is 5.97. The van der Waals surface area contributed by atoms with E-state index in [2.05, 4.69) is 0 Å². The Morgan fingerprint density at radius 1 is 0.889 bits per heavy atom. The number of hydrogen-bond acceptors (Lipinski definition) is 3. The first kappa shape index (κ1) is 20.4. The monoisotopic (exact) mass is 366 g/mol. The molecule has 0 aromatic heterocycles. The SMILES string of the molecule is CCN(C(=O)CCN(C(C)=O)c1ccc(C(C)=O)cc1)c1cccc(C)c1. The van der Waals surface area contributed by atoms with Crippen LogP contribution in [-0.4, -0.2) is 30.7 Å². The smallest absolute Gasteiger partial charge is 0.228 e. The molecule has 0 aliphatic heterocycles. The molecule has 2 aromatic rings. The molecule has 0 N–H and O–H groups in total. The number of ketones is 1. The lowest BCUT2D eigenvalue weighted by molar-refractivity contribution is -0.118. The zero-order chi connectivity index (χ0) is 20.0. The van der Waals surface area contributed by atoms with E-state index in [9.17, 15) is 14.4 Å². The molecule has 0 bridgehead atoms. The number of amides is 2. The van der Waals surface area contributed by atoms with Gasteiger partial charge in [-0.05, 0) is 62.7 Å². The fourth-order valence-electron chi connectivity index (χ4n) is 2.99. The Balaban J connectivity index is 2.11. The van der Waals surface area contributed by atoms with Gasteiger partial charge in [0.15, 0.2) is 5.78 Å². The number of Topliss-reactive ketones (excluding diaryl/α,β-unsaturated/α-hetero) is 1. The molecule has 2 aromatic carbocycles. The second-order valence-electron chi connectivity index (χ2n) is 6.50. The van der Waals surface area contributed by atoms with Gasteiger partial charge in [-0.15, -0.1) is 0 Å². The Bertz CT molecular complexity index is 828. The zero-order valence-corrected chi connectivity index (χ0v) is 16.4. The Morgan fingerprint density at radius 3 is 2.07 bits per heavy atom. The molecule has 0 atom stereocenters. The Morgan fingerprint density at radius 2 is 1.56 bits per heavy atom. The third kappa shape index (κ3) is 5.26. The lowest BCUT2D eigenvalue weighted by Crippen LogP contribution is -2.36. The summed E-state index contributed by atoms with van der Waals surface area (Å²) in [6.07, 6.45) is 0.218. The first-order valence-corrected chi connectivity index (χ1v) is 9.09. The second-order valence-corrected chi connectivity index (χ2v) is 6.50. The lowest BCUT2D eigenvalue weighted by atomic mass is 10.1. The topological polar surface area (TPSA) is 57.7 Å². The summed E-state index contributed by atoms with van der Waals surface area (Å²) in [4.78, 5) is 39.5. The van der Waals surface area contributed by atoms with Gasteiger partial charge < -0.3 is 9.80 Å².